The van der Waals surface area contributed by atoms with Crippen LogP contribution in [0.3, 0.4) is 0 Å². The topological polar surface area (TPSA) is 46.8 Å². The van der Waals surface area contributed by atoms with Gasteiger partial charge in [-0.05, 0) is 59.3 Å². The fraction of sp³-hybridized carbons (Fsp3) is 0.0385. The zero-order chi connectivity index (χ0) is 20.3. The number of nitrogens with zero attached hydrogens (tertiary/aromatic N) is 1. The molecule has 0 spiro atoms. The van der Waals surface area contributed by atoms with E-state index < -0.39 is 0 Å². The summed E-state index contributed by atoms with van der Waals surface area (Å²) in [6.45, 7) is 0. The molecule has 0 atom stereocenters. The van der Waals surface area contributed by atoms with E-state index in [4.69, 9.17) is 14.3 Å². The van der Waals surface area contributed by atoms with Crippen molar-refractivity contribution >= 4 is 27.4 Å². The molecule has 146 valence electrons. The van der Waals surface area contributed by atoms with Gasteiger partial charge in [0, 0.05) is 17.0 Å². The van der Waals surface area contributed by atoms with Crippen LogP contribution in [0.5, 0.6) is 5.75 Å². The number of rotatable bonds is 4. The summed E-state index contributed by atoms with van der Waals surface area (Å²) < 4.78 is 11.4. The van der Waals surface area contributed by atoms with Gasteiger partial charge in [0.1, 0.15) is 17.1 Å². The lowest BCUT2D eigenvalue weighted by Gasteiger charge is -2.07. The lowest BCUT2D eigenvalue weighted by Crippen LogP contribution is -2.07. The highest BCUT2D eigenvalue weighted by molar-refractivity contribution is 5.85. The SMILES string of the molecule is COc1ccc(-c2cc(=NNc3ccc4ccccc4c3)c3ccccc3o2)cc1. The van der Waals surface area contributed by atoms with Gasteiger partial charge in [0.25, 0.3) is 0 Å². The first-order chi connectivity index (χ1) is 14.8. The van der Waals surface area contributed by atoms with Crippen molar-refractivity contribution < 1.29 is 9.15 Å². The van der Waals surface area contributed by atoms with Crippen LogP contribution in [-0.2, 0) is 0 Å². The largest absolute Gasteiger partial charge is 0.497 e. The summed E-state index contributed by atoms with van der Waals surface area (Å²) in [6, 6.07) is 32.2. The molecule has 1 aromatic heterocycles. The van der Waals surface area contributed by atoms with E-state index in [0.29, 0.717) is 0 Å². The number of anilines is 1. The van der Waals surface area contributed by atoms with Gasteiger partial charge in [0.15, 0.2) is 0 Å². The highest BCUT2D eigenvalue weighted by atomic mass is 16.5. The number of para-hydroxylation sites is 1. The molecule has 0 aliphatic carbocycles. The summed E-state index contributed by atoms with van der Waals surface area (Å²) in [6.07, 6.45) is 0. The Morgan fingerprint density at radius 3 is 2.37 bits per heavy atom. The Bertz CT molecular complexity index is 1400. The van der Waals surface area contributed by atoms with Crippen LogP contribution in [0.2, 0.25) is 0 Å². The Labute approximate surface area is 174 Å². The van der Waals surface area contributed by atoms with Crippen LogP contribution in [0.15, 0.2) is 107 Å². The van der Waals surface area contributed by atoms with Gasteiger partial charge in [-0.25, -0.2) is 0 Å². The van der Waals surface area contributed by atoms with Crippen LogP contribution in [-0.4, -0.2) is 7.11 Å². The molecule has 4 nitrogen and oxygen atoms in total. The van der Waals surface area contributed by atoms with Crippen LogP contribution in [0, 0.1) is 0 Å². The summed E-state index contributed by atoms with van der Waals surface area (Å²) in [4.78, 5) is 0. The van der Waals surface area contributed by atoms with Gasteiger partial charge in [-0.2, -0.15) is 5.10 Å². The van der Waals surface area contributed by atoms with Gasteiger partial charge in [0.05, 0.1) is 18.2 Å². The van der Waals surface area contributed by atoms with Gasteiger partial charge < -0.3 is 9.15 Å². The quantitative estimate of drug-likeness (QED) is 0.371. The molecule has 1 N–H and O–H groups in total. The molecule has 5 aromatic rings. The maximum absolute atomic E-state index is 6.14. The van der Waals surface area contributed by atoms with E-state index in [-0.39, 0.29) is 0 Å². The molecular weight excluding hydrogens is 372 g/mol. The average molecular weight is 392 g/mol. The van der Waals surface area contributed by atoms with Crippen molar-refractivity contribution in [1.29, 1.82) is 0 Å². The minimum atomic E-state index is 0.746. The molecule has 0 aliphatic rings. The third kappa shape index (κ3) is 3.51. The van der Waals surface area contributed by atoms with Crippen molar-refractivity contribution in [1.82, 2.24) is 0 Å². The maximum atomic E-state index is 6.14. The molecule has 0 amide bonds. The van der Waals surface area contributed by atoms with E-state index in [0.717, 1.165) is 39.1 Å². The highest BCUT2D eigenvalue weighted by Crippen LogP contribution is 2.24. The number of fused-ring (bicyclic) bond motifs is 2. The maximum Gasteiger partial charge on any atom is 0.136 e. The second kappa shape index (κ2) is 7.76. The van der Waals surface area contributed by atoms with Crippen LogP contribution in [0.25, 0.3) is 33.1 Å². The molecule has 0 aliphatic heterocycles. The smallest absolute Gasteiger partial charge is 0.136 e. The van der Waals surface area contributed by atoms with Crippen LogP contribution >= 0.6 is 0 Å². The Morgan fingerprint density at radius 2 is 1.53 bits per heavy atom. The first-order valence-corrected chi connectivity index (χ1v) is 9.76. The molecule has 0 saturated heterocycles. The molecule has 4 aromatic carbocycles. The third-order valence-corrected chi connectivity index (χ3v) is 5.08. The molecule has 0 saturated carbocycles. The summed E-state index contributed by atoms with van der Waals surface area (Å²) in [5.41, 5.74) is 5.88. The van der Waals surface area contributed by atoms with Crippen molar-refractivity contribution in [2.24, 2.45) is 5.10 Å². The number of benzene rings is 4. The van der Waals surface area contributed by atoms with Crippen molar-refractivity contribution in [2.75, 3.05) is 12.5 Å². The van der Waals surface area contributed by atoms with Gasteiger partial charge in [-0.1, -0.05) is 42.5 Å². The van der Waals surface area contributed by atoms with Gasteiger partial charge >= 0.3 is 0 Å². The van der Waals surface area contributed by atoms with Crippen LogP contribution in [0.4, 0.5) is 5.69 Å². The molecule has 0 fully saturated rings. The lowest BCUT2D eigenvalue weighted by molar-refractivity contribution is 0.415. The second-order valence-corrected chi connectivity index (χ2v) is 7.01. The Kier molecular flexibility index (Phi) is 4.66. The molecule has 5 rings (SSSR count). The number of ether oxygens (including phenoxy) is 1. The van der Waals surface area contributed by atoms with Gasteiger partial charge in [0.2, 0.25) is 0 Å². The number of hydrogen-bond donors (Lipinski definition) is 1. The minimum absolute atomic E-state index is 0.746. The summed E-state index contributed by atoms with van der Waals surface area (Å²) in [5.74, 6) is 1.55. The summed E-state index contributed by atoms with van der Waals surface area (Å²) in [7, 11) is 1.66. The van der Waals surface area contributed by atoms with Crippen LogP contribution < -0.4 is 15.5 Å². The van der Waals surface area contributed by atoms with Gasteiger partial charge in [-0.3, -0.25) is 5.43 Å². The lowest BCUT2D eigenvalue weighted by atomic mass is 10.1. The van der Waals surface area contributed by atoms with E-state index in [9.17, 15) is 0 Å². The van der Waals surface area contributed by atoms with Crippen molar-refractivity contribution in [3.63, 3.8) is 0 Å². The van der Waals surface area contributed by atoms with E-state index >= 15 is 0 Å². The summed E-state index contributed by atoms with van der Waals surface area (Å²) in [5, 5.41) is 8.83. The predicted molar refractivity (Wildman–Crippen MR) is 121 cm³/mol. The van der Waals surface area contributed by atoms with Crippen molar-refractivity contribution in [3.8, 4) is 17.1 Å². The second-order valence-electron chi connectivity index (χ2n) is 7.01. The van der Waals surface area contributed by atoms with E-state index in [1.807, 2.05) is 72.8 Å². The summed E-state index contributed by atoms with van der Waals surface area (Å²) >= 11 is 0. The van der Waals surface area contributed by atoms with E-state index in [1.54, 1.807) is 7.11 Å². The fourth-order valence-corrected chi connectivity index (χ4v) is 3.49. The molecule has 0 bridgehead atoms. The van der Waals surface area contributed by atoms with Gasteiger partial charge in [-0.15, -0.1) is 0 Å². The molecular formula is C26H20N2O2. The number of hydrogen-bond acceptors (Lipinski definition) is 4. The molecule has 0 unspecified atom stereocenters. The minimum Gasteiger partial charge on any atom is -0.497 e. The van der Waals surface area contributed by atoms with E-state index in [1.165, 1.54) is 10.8 Å². The Morgan fingerprint density at radius 1 is 0.767 bits per heavy atom. The van der Waals surface area contributed by atoms with E-state index in [2.05, 4.69) is 29.7 Å². The monoisotopic (exact) mass is 392 g/mol. The standard InChI is InChI=1S/C26H20N2O2/c1-29-22-14-11-19(12-15-22)26-17-24(23-8-4-5-9-25(23)30-26)28-27-21-13-10-18-6-2-3-7-20(18)16-21/h2-17,27H,1H3. The zero-order valence-corrected chi connectivity index (χ0v) is 16.5. The average Bonchev–Trinajstić information content (AvgIpc) is 2.82. The Hall–Kier alpha value is -4.05. The van der Waals surface area contributed by atoms with Crippen molar-refractivity contribution in [3.05, 3.63) is 102 Å². The van der Waals surface area contributed by atoms with Crippen molar-refractivity contribution in [2.45, 2.75) is 0 Å². The Balaban J connectivity index is 1.59. The molecule has 1 heterocycles. The first-order valence-electron chi connectivity index (χ1n) is 9.76. The zero-order valence-electron chi connectivity index (χ0n) is 16.5. The molecule has 0 radical (unpaired) electrons. The normalized spacial score (nSPS) is 11.7. The number of methoxy groups -OCH3 is 1. The fourth-order valence-electron chi connectivity index (χ4n) is 3.49. The number of nitrogens with one attached hydrogen (secondary N) is 1. The molecule has 4 heteroatoms. The third-order valence-electron chi connectivity index (χ3n) is 5.08. The predicted octanol–water partition coefficient (Wildman–Crippen LogP) is 6.19. The first kappa shape index (κ1) is 18.0. The molecule has 30 heavy (non-hydrogen) atoms. The van der Waals surface area contributed by atoms with Crippen LogP contribution in [0.1, 0.15) is 0 Å². The highest BCUT2D eigenvalue weighted by Gasteiger charge is 2.06.